The van der Waals surface area contributed by atoms with Gasteiger partial charge in [-0.1, -0.05) is 48.5 Å². The highest BCUT2D eigenvalue weighted by Crippen LogP contribution is 2.13. The molecule has 0 atom stereocenters. The number of benzene rings is 2. The van der Waals surface area contributed by atoms with Gasteiger partial charge in [0.05, 0.1) is 0 Å². The maximum atomic E-state index is 12.2. The molecule has 5 nitrogen and oxygen atoms in total. The summed E-state index contributed by atoms with van der Waals surface area (Å²) in [7, 11) is 0. The molecule has 2 aromatic carbocycles. The van der Waals surface area contributed by atoms with Gasteiger partial charge in [0.2, 0.25) is 0 Å². The number of para-hydroxylation sites is 1. The normalized spacial score (nSPS) is 9.90. The minimum absolute atomic E-state index is 0.350. The van der Waals surface area contributed by atoms with Gasteiger partial charge in [0.15, 0.2) is 0 Å². The number of nitrogens with one attached hydrogen (secondary N) is 1. The summed E-state index contributed by atoms with van der Waals surface area (Å²) in [5, 5.41) is 11.7. The van der Waals surface area contributed by atoms with E-state index in [0.717, 1.165) is 5.56 Å². The van der Waals surface area contributed by atoms with Crippen LogP contribution in [0.25, 0.3) is 0 Å². The van der Waals surface area contributed by atoms with Gasteiger partial charge in [-0.15, -0.1) is 0 Å². The van der Waals surface area contributed by atoms with E-state index in [4.69, 9.17) is 5.11 Å². The minimum Gasteiger partial charge on any atom is -0.480 e. The van der Waals surface area contributed by atoms with Crippen molar-refractivity contribution in [2.45, 2.75) is 6.54 Å². The van der Waals surface area contributed by atoms with Crippen molar-refractivity contribution in [1.29, 1.82) is 0 Å². The molecule has 108 valence electrons. The Bertz CT molecular complexity index is 599. The monoisotopic (exact) mass is 284 g/mol. The van der Waals surface area contributed by atoms with Gasteiger partial charge in [0, 0.05) is 12.2 Å². The van der Waals surface area contributed by atoms with Crippen LogP contribution in [0.5, 0.6) is 0 Å². The topological polar surface area (TPSA) is 69.6 Å². The average Bonchev–Trinajstić information content (AvgIpc) is 2.52. The number of carbonyl (C=O) groups is 2. The first-order valence-corrected chi connectivity index (χ1v) is 6.53. The summed E-state index contributed by atoms with van der Waals surface area (Å²) in [5.74, 6) is -1.06. The third-order valence-electron chi connectivity index (χ3n) is 2.89. The number of urea groups is 1. The Morgan fingerprint density at radius 3 is 2.10 bits per heavy atom. The average molecular weight is 284 g/mol. The fourth-order valence-corrected chi connectivity index (χ4v) is 1.89. The Morgan fingerprint density at radius 2 is 1.52 bits per heavy atom. The van der Waals surface area contributed by atoms with Crippen LogP contribution in [0.1, 0.15) is 5.56 Å². The first kappa shape index (κ1) is 14.6. The van der Waals surface area contributed by atoms with Crippen molar-refractivity contribution in [2.75, 3.05) is 11.4 Å². The fraction of sp³-hybridized carbons (Fsp3) is 0.125. The van der Waals surface area contributed by atoms with E-state index in [9.17, 15) is 9.59 Å². The van der Waals surface area contributed by atoms with E-state index in [0.29, 0.717) is 12.2 Å². The Hall–Kier alpha value is -2.82. The number of carboxylic acid groups (broad SMARTS) is 1. The summed E-state index contributed by atoms with van der Waals surface area (Å²) < 4.78 is 0. The van der Waals surface area contributed by atoms with Crippen molar-refractivity contribution in [3.8, 4) is 0 Å². The van der Waals surface area contributed by atoms with Crippen LogP contribution in [0.4, 0.5) is 10.5 Å². The molecule has 21 heavy (non-hydrogen) atoms. The molecule has 0 aromatic heterocycles. The summed E-state index contributed by atoms with van der Waals surface area (Å²) in [6.07, 6.45) is 0. The Labute approximate surface area is 122 Å². The van der Waals surface area contributed by atoms with Crippen molar-refractivity contribution in [2.24, 2.45) is 0 Å². The van der Waals surface area contributed by atoms with E-state index in [1.54, 1.807) is 24.3 Å². The molecule has 2 N–H and O–H groups in total. The van der Waals surface area contributed by atoms with Gasteiger partial charge in [-0.05, 0) is 17.7 Å². The number of amides is 2. The highest BCUT2D eigenvalue weighted by atomic mass is 16.4. The maximum absolute atomic E-state index is 12.2. The number of carbonyl (C=O) groups excluding carboxylic acids is 1. The molecule has 2 rings (SSSR count). The van der Waals surface area contributed by atoms with E-state index in [1.165, 1.54) is 4.90 Å². The molecule has 0 spiro atoms. The van der Waals surface area contributed by atoms with Crippen LogP contribution >= 0.6 is 0 Å². The first-order valence-electron chi connectivity index (χ1n) is 6.53. The lowest BCUT2D eigenvalue weighted by Gasteiger charge is -2.21. The third-order valence-corrected chi connectivity index (χ3v) is 2.89. The molecule has 0 aliphatic carbocycles. The zero-order valence-corrected chi connectivity index (χ0v) is 11.4. The number of hydrogen-bond donors (Lipinski definition) is 2. The van der Waals surface area contributed by atoms with Crippen molar-refractivity contribution >= 4 is 17.7 Å². The molecule has 0 aliphatic heterocycles. The largest absolute Gasteiger partial charge is 0.480 e. The first-order chi connectivity index (χ1) is 10.2. The fourth-order valence-electron chi connectivity index (χ4n) is 1.89. The van der Waals surface area contributed by atoms with E-state index in [-0.39, 0.29) is 6.54 Å². The number of aliphatic carboxylic acids is 1. The number of carboxylic acids is 1. The number of nitrogens with zero attached hydrogens (tertiary/aromatic N) is 1. The summed E-state index contributed by atoms with van der Waals surface area (Å²) in [5.41, 5.74) is 1.50. The van der Waals surface area contributed by atoms with Crippen LogP contribution in [0.15, 0.2) is 60.7 Å². The van der Waals surface area contributed by atoms with Crippen LogP contribution in [0, 0.1) is 0 Å². The Morgan fingerprint density at radius 1 is 0.952 bits per heavy atom. The van der Waals surface area contributed by atoms with Crippen LogP contribution in [-0.4, -0.2) is 23.7 Å². The zero-order valence-electron chi connectivity index (χ0n) is 11.4. The number of rotatable bonds is 5. The van der Waals surface area contributed by atoms with Gasteiger partial charge in [0.1, 0.15) is 6.54 Å². The summed E-state index contributed by atoms with van der Waals surface area (Å²) >= 11 is 0. The SMILES string of the molecule is O=C(O)CN(C(=O)NCc1ccccc1)c1ccccc1. The summed E-state index contributed by atoms with van der Waals surface area (Å²) in [4.78, 5) is 24.3. The molecule has 0 bridgehead atoms. The van der Waals surface area contributed by atoms with Gasteiger partial charge in [-0.2, -0.15) is 0 Å². The standard InChI is InChI=1S/C16H16N2O3/c19-15(20)12-18(14-9-5-2-6-10-14)16(21)17-11-13-7-3-1-4-8-13/h1-10H,11-12H2,(H,17,21)(H,19,20). The molecular weight excluding hydrogens is 268 g/mol. The Balaban J connectivity index is 2.06. The molecule has 2 aromatic rings. The van der Waals surface area contributed by atoms with Gasteiger partial charge in [0.25, 0.3) is 0 Å². The van der Waals surface area contributed by atoms with Crippen LogP contribution < -0.4 is 10.2 Å². The lowest BCUT2D eigenvalue weighted by molar-refractivity contribution is -0.135. The quantitative estimate of drug-likeness (QED) is 0.886. The smallest absolute Gasteiger partial charge is 0.323 e. The van der Waals surface area contributed by atoms with Gasteiger partial charge < -0.3 is 10.4 Å². The minimum atomic E-state index is -1.06. The second-order valence-electron chi connectivity index (χ2n) is 4.46. The zero-order chi connectivity index (χ0) is 15.1. The van der Waals surface area contributed by atoms with Crippen molar-refractivity contribution < 1.29 is 14.7 Å². The lowest BCUT2D eigenvalue weighted by Crippen LogP contribution is -2.42. The summed E-state index contributed by atoms with van der Waals surface area (Å²) in [6.45, 7) is -0.0345. The number of anilines is 1. The number of hydrogen-bond acceptors (Lipinski definition) is 2. The van der Waals surface area contributed by atoms with Gasteiger partial charge in [-0.3, -0.25) is 9.69 Å². The lowest BCUT2D eigenvalue weighted by atomic mass is 10.2. The molecule has 0 heterocycles. The van der Waals surface area contributed by atoms with Gasteiger partial charge in [-0.25, -0.2) is 4.79 Å². The third kappa shape index (κ3) is 4.35. The van der Waals surface area contributed by atoms with E-state index in [2.05, 4.69) is 5.32 Å². The molecule has 0 radical (unpaired) electrons. The van der Waals surface area contributed by atoms with Crippen LogP contribution in [-0.2, 0) is 11.3 Å². The molecule has 0 saturated heterocycles. The second kappa shape index (κ2) is 7.09. The molecule has 0 aliphatic rings. The van der Waals surface area contributed by atoms with E-state index >= 15 is 0 Å². The van der Waals surface area contributed by atoms with Gasteiger partial charge >= 0.3 is 12.0 Å². The molecule has 0 unspecified atom stereocenters. The predicted molar refractivity (Wildman–Crippen MR) is 80.1 cm³/mol. The molecule has 0 fully saturated rings. The predicted octanol–water partition coefficient (Wildman–Crippen LogP) is 2.49. The van der Waals surface area contributed by atoms with Crippen LogP contribution in [0.3, 0.4) is 0 Å². The molecular formula is C16H16N2O3. The summed E-state index contributed by atoms with van der Waals surface area (Å²) in [6, 6.07) is 17.7. The second-order valence-corrected chi connectivity index (χ2v) is 4.46. The van der Waals surface area contributed by atoms with Crippen molar-refractivity contribution in [1.82, 2.24) is 5.32 Å². The molecule has 2 amide bonds. The van der Waals surface area contributed by atoms with Crippen molar-refractivity contribution in [3.63, 3.8) is 0 Å². The molecule has 5 heteroatoms. The van der Waals surface area contributed by atoms with Crippen molar-refractivity contribution in [3.05, 3.63) is 66.2 Å². The highest BCUT2D eigenvalue weighted by molar-refractivity contribution is 5.96. The van der Waals surface area contributed by atoms with E-state index < -0.39 is 12.0 Å². The Kier molecular flexibility index (Phi) is 4.93. The van der Waals surface area contributed by atoms with E-state index in [1.807, 2.05) is 36.4 Å². The molecule has 0 saturated carbocycles. The highest BCUT2D eigenvalue weighted by Gasteiger charge is 2.18. The van der Waals surface area contributed by atoms with Crippen LogP contribution in [0.2, 0.25) is 0 Å². The maximum Gasteiger partial charge on any atom is 0.323 e.